The molecule has 0 bridgehead atoms. The van der Waals surface area contributed by atoms with Gasteiger partial charge in [-0.15, -0.1) is 0 Å². The number of hydrogen-bond acceptors (Lipinski definition) is 7. The molecule has 1 N–H and O–H groups in total. The largest absolute Gasteiger partial charge is 0.506 e. The molecule has 1 aromatic carbocycles. The Balaban J connectivity index is 1.63. The van der Waals surface area contributed by atoms with Crippen molar-refractivity contribution in [2.75, 3.05) is 66.1 Å². The molecular weight excluding hydrogens is 446 g/mol. The van der Waals surface area contributed by atoms with Crippen molar-refractivity contribution >= 4 is 17.7 Å². The second-order valence-electron chi connectivity index (χ2n) is 9.87. The molecule has 8 nitrogen and oxygen atoms in total. The lowest BCUT2D eigenvalue weighted by atomic mass is 10.0. The molecule has 2 aliphatic rings. The van der Waals surface area contributed by atoms with E-state index in [4.69, 9.17) is 25.8 Å². The van der Waals surface area contributed by atoms with Gasteiger partial charge in [0.05, 0.1) is 30.4 Å². The van der Waals surface area contributed by atoms with Crippen LogP contribution < -0.4 is 0 Å². The standard InChI is InChI=1S/C24H38ClN3O5/c1-24(2,3)33-23(30)28-10-9-26(7-8-27-11-12-32-20(16-27)17-31-4)15-19(28)13-18-5-6-21(25)22(29)14-18/h5-6,14,19-20,29H,7-13,15-17H2,1-4H3/t19-,20+/m1/s1. The lowest BCUT2D eigenvalue weighted by Gasteiger charge is -2.42. The first kappa shape index (κ1) is 26.0. The molecule has 33 heavy (non-hydrogen) atoms. The topological polar surface area (TPSA) is 74.7 Å². The first-order valence-corrected chi connectivity index (χ1v) is 12.0. The summed E-state index contributed by atoms with van der Waals surface area (Å²) in [6.45, 7) is 12.8. The van der Waals surface area contributed by atoms with Gasteiger partial charge in [-0.05, 0) is 44.9 Å². The number of methoxy groups -OCH3 is 1. The first-order valence-electron chi connectivity index (χ1n) is 11.7. The van der Waals surface area contributed by atoms with Crippen LogP contribution in [0, 0.1) is 0 Å². The summed E-state index contributed by atoms with van der Waals surface area (Å²) in [7, 11) is 1.70. The monoisotopic (exact) mass is 483 g/mol. The van der Waals surface area contributed by atoms with E-state index in [2.05, 4.69) is 9.80 Å². The zero-order valence-electron chi connectivity index (χ0n) is 20.3. The number of carbonyl (C=O) groups excluding carboxylic acids is 1. The molecule has 9 heteroatoms. The molecule has 0 spiro atoms. The van der Waals surface area contributed by atoms with E-state index in [1.165, 1.54) is 0 Å². The summed E-state index contributed by atoms with van der Waals surface area (Å²) in [6.07, 6.45) is 0.451. The van der Waals surface area contributed by atoms with Crippen molar-refractivity contribution in [2.45, 2.75) is 44.9 Å². The van der Waals surface area contributed by atoms with Crippen molar-refractivity contribution in [1.29, 1.82) is 0 Å². The van der Waals surface area contributed by atoms with Gasteiger partial charge in [0.25, 0.3) is 0 Å². The number of phenolic OH excluding ortho intramolecular Hbond substituents is 1. The van der Waals surface area contributed by atoms with Gasteiger partial charge in [0, 0.05) is 52.9 Å². The smallest absolute Gasteiger partial charge is 0.410 e. The van der Waals surface area contributed by atoms with Crippen molar-refractivity contribution in [3.63, 3.8) is 0 Å². The number of benzene rings is 1. The number of aromatic hydroxyl groups is 1. The van der Waals surface area contributed by atoms with E-state index in [1.807, 2.05) is 31.7 Å². The van der Waals surface area contributed by atoms with Crippen molar-refractivity contribution < 1.29 is 24.1 Å². The molecule has 3 rings (SSSR count). The van der Waals surface area contributed by atoms with Gasteiger partial charge in [0.2, 0.25) is 0 Å². The molecule has 2 fully saturated rings. The third-order valence-corrected chi connectivity index (χ3v) is 6.30. The Bertz CT molecular complexity index is 786. The van der Waals surface area contributed by atoms with Crippen molar-refractivity contribution in [3.05, 3.63) is 28.8 Å². The Labute approximate surface area is 202 Å². The first-order chi connectivity index (χ1) is 15.6. The predicted octanol–water partition coefficient (Wildman–Crippen LogP) is 2.86. The van der Waals surface area contributed by atoms with Crippen molar-refractivity contribution in [1.82, 2.24) is 14.7 Å². The van der Waals surface area contributed by atoms with Crippen LogP contribution in [0.5, 0.6) is 5.75 Å². The maximum Gasteiger partial charge on any atom is 0.410 e. The van der Waals surface area contributed by atoms with Crippen LogP contribution in [0.4, 0.5) is 4.79 Å². The number of nitrogens with zero attached hydrogens (tertiary/aromatic N) is 3. The summed E-state index contributed by atoms with van der Waals surface area (Å²) in [5, 5.41) is 10.3. The Morgan fingerprint density at radius 2 is 1.91 bits per heavy atom. The summed E-state index contributed by atoms with van der Waals surface area (Å²) in [4.78, 5) is 19.6. The molecule has 2 heterocycles. The number of halogens is 1. The number of amides is 1. The average Bonchev–Trinajstić information content (AvgIpc) is 2.74. The number of phenols is 1. The van der Waals surface area contributed by atoms with Crippen LogP contribution in [-0.4, -0.2) is 110 Å². The van der Waals surface area contributed by atoms with E-state index in [-0.39, 0.29) is 24.0 Å². The zero-order chi connectivity index (χ0) is 24.0. The highest BCUT2D eigenvalue weighted by atomic mass is 35.5. The molecule has 1 aromatic rings. The summed E-state index contributed by atoms with van der Waals surface area (Å²) in [5.41, 5.74) is 0.389. The van der Waals surface area contributed by atoms with Gasteiger partial charge in [-0.2, -0.15) is 0 Å². The molecule has 2 aliphatic heterocycles. The normalized spacial score (nSPS) is 23.0. The summed E-state index contributed by atoms with van der Waals surface area (Å²) in [6, 6.07) is 5.22. The van der Waals surface area contributed by atoms with E-state index in [0.717, 1.165) is 51.4 Å². The fraction of sp³-hybridized carbons (Fsp3) is 0.708. The minimum Gasteiger partial charge on any atom is -0.506 e. The second kappa shape index (κ2) is 11.7. The van der Waals surface area contributed by atoms with E-state index < -0.39 is 5.60 Å². The maximum atomic E-state index is 12.9. The lowest BCUT2D eigenvalue weighted by molar-refractivity contribution is -0.0634. The predicted molar refractivity (Wildman–Crippen MR) is 128 cm³/mol. The Morgan fingerprint density at radius 3 is 2.58 bits per heavy atom. The number of piperazine rings is 1. The molecule has 2 atom stereocenters. The Kier molecular flexibility index (Phi) is 9.24. The summed E-state index contributed by atoms with van der Waals surface area (Å²) in [5.74, 6) is 0.0589. The molecule has 186 valence electrons. The van der Waals surface area contributed by atoms with Crippen LogP contribution in [0.15, 0.2) is 18.2 Å². The highest BCUT2D eigenvalue weighted by Gasteiger charge is 2.33. The summed E-state index contributed by atoms with van der Waals surface area (Å²) >= 11 is 5.98. The summed E-state index contributed by atoms with van der Waals surface area (Å²) < 4.78 is 16.7. The number of carbonyl (C=O) groups is 1. The molecule has 0 unspecified atom stereocenters. The van der Waals surface area contributed by atoms with Gasteiger partial charge in [0.15, 0.2) is 0 Å². The maximum absolute atomic E-state index is 12.9. The fourth-order valence-corrected chi connectivity index (χ4v) is 4.49. The van der Waals surface area contributed by atoms with Gasteiger partial charge in [-0.25, -0.2) is 4.79 Å². The number of hydrogen-bond donors (Lipinski definition) is 1. The minimum absolute atomic E-state index is 0.0555. The Morgan fingerprint density at radius 1 is 1.18 bits per heavy atom. The van der Waals surface area contributed by atoms with Gasteiger partial charge < -0.3 is 24.2 Å². The highest BCUT2D eigenvalue weighted by Crippen LogP contribution is 2.26. The van der Waals surface area contributed by atoms with Crippen LogP contribution in [0.2, 0.25) is 5.02 Å². The molecule has 1 amide bonds. The molecule has 0 saturated carbocycles. The number of morpholine rings is 1. The zero-order valence-corrected chi connectivity index (χ0v) is 21.0. The average molecular weight is 484 g/mol. The lowest BCUT2D eigenvalue weighted by Crippen LogP contribution is -2.58. The van der Waals surface area contributed by atoms with Crippen LogP contribution in [0.25, 0.3) is 0 Å². The highest BCUT2D eigenvalue weighted by molar-refractivity contribution is 6.32. The number of rotatable bonds is 7. The SMILES string of the molecule is COC[C@@H]1CN(CCN2CCN(C(=O)OC(C)(C)C)[C@H](Cc3ccc(Cl)c(O)c3)C2)CCO1. The van der Waals surface area contributed by atoms with Crippen LogP contribution in [0.3, 0.4) is 0 Å². The van der Waals surface area contributed by atoms with E-state index in [9.17, 15) is 9.90 Å². The van der Waals surface area contributed by atoms with Crippen LogP contribution in [0.1, 0.15) is 26.3 Å². The van der Waals surface area contributed by atoms with Crippen molar-refractivity contribution in [2.24, 2.45) is 0 Å². The van der Waals surface area contributed by atoms with E-state index >= 15 is 0 Å². The van der Waals surface area contributed by atoms with Gasteiger partial charge in [0.1, 0.15) is 11.4 Å². The molecule has 0 aliphatic carbocycles. The third kappa shape index (κ3) is 8.00. The number of ether oxygens (including phenoxy) is 3. The minimum atomic E-state index is -0.549. The van der Waals surface area contributed by atoms with Crippen LogP contribution in [-0.2, 0) is 20.6 Å². The van der Waals surface area contributed by atoms with Gasteiger partial charge >= 0.3 is 6.09 Å². The molecule has 0 radical (unpaired) electrons. The Hall–Kier alpha value is -1.58. The van der Waals surface area contributed by atoms with E-state index in [0.29, 0.717) is 24.6 Å². The van der Waals surface area contributed by atoms with Crippen LogP contribution >= 0.6 is 11.6 Å². The third-order valence-electron chi connectivity index (χ3n) is 5.98. The van der Waals surface area contributed by atoms with Gasteiger partial charge in [-0.3, -0.25) is 9.80 Å². The second-order valence-corrected chi connectivity index (χ2v) is 10.3. The molecular formula is C24H38ClN3O5. The van der Waals surface area contributed by atoms with Gasteiger partial charge in [-0.1, -0.05) is 17.7 Å². The fourth-order valence-electron chi connectivity index (χ4n) is 4.37. The quantitative estimate of drug-likeness (QED) is 0.639. The van der Waals surface area contributed by atoms with Crippen molar-refractivity contribution in [3.8, 4) is 5.75 Å². The molecule has 2 saturated heterocycles. The van der Waals surface area contributed by atoms with E-state index in [1.54, 1.807) is 19.2 Å². The molecule has 0 aromatic heterocycles.